The first-order valence-electron chi connectivity index (χ1n) is 7.55. The molecule has 1 spiro atoms. The number of nitrogens with one attached hydrogen (secondary N) is 1. The lowest BCUT2D eigenvalue weighted by Gasteiger charge is -2.38. The van der Waals surface area contributed by atoms with Crippen LogP contribution in [0.5, 0.6) is 0 Å². The topological polar surface area (TPSA) is 54.4 Å². The summed E-state index contributed by atoms with van der Waals surface area (Å²) in [6.07, 6.45) is 12.8. The second-order valence-corrected chi connectivity index (χ2v) is 7.11. The summed E-state index contributed by atoms with van der Waals surface area (Å²) in [5.74, 6) is 1.32. The Labute approximate surface area is 133 Å². The Hall–Kier alpha value is -1.88. The molecule has 0 bridgehead atoms. The van der Waals surface area contributed by atoms with E-state index >= 15 is 0 Å². The molecule has 1 aromatic heterocycles. The van der Waals surface area contributed by atoms with Gasteiger partial charge in [-0.2, -0.15) is 0 Å². The van der Waals surface area contributed by atoms with Crippen LogP contribution in [0.3, 0.4) is 0 Å². The molecule has 0 aromatic carbocycles. The largest absolute Gasteiger partial charge is 0.326 e. The van der Waals surface area contributed by atoms with Crippen LogP contribution >= 0.6 is 11.8 Å². The highest BCUT2D eigenvalue weighted by atomic mass is 32.2. The Morgan fingerprint density at radius 2 is 2.18 bits per heavy atom. The number of allylic oxidation sites excluding steroid dienone is 3. The molecule has 0 radical (unpaired) electrons. The lowest BCUT2D eigenvalue weighted by atomic mass is 9.74. The molecule has 112 valence electrons. The molecule has 2 aliphatic heterocycles. The summed E-state index contributed by atoms with van der Waals surface area (Å²) in [5.41, 5.74) is 1.95. The molecular formula is C17H17N3OS. The van der Waals surface area contributed by atoms with E-state index in [1.807, 2.05) is 30.0 Å². The van der Waals surface area contributed by atoms with Crippen LogP contribution in [-0.4, -0.2) is 33.6 Å². The third-order valence-corrected chi connectivity index (χ3v) is 6.31. The van der Waals surface area contributed by atoms with Crippen molar-refractivity contribution >= 4 is 29.1 Å². The summed E-state index contributed by atoms with van der Waals surface area (Å²) >= 11 is 1.86. The molecule has 0 saturated carbocycles. The number of amides is 1. The highest BCUT2D eigenvalue weighted by Crippen LogP contribution is 2.53. The Morgan fingerprint density at radius 1 is 1.32 bits per heavy atom. The van der Waals surface area contributed by atoms with E-state index in [4.69, 9.17) is 0 Å². The van der Waals surface area contributed by atoms with Gasteiger partial charge in [0.15, 0.2) is 0 Å². The monoisotopic (exact) mass is 311 g/mol. The SMILES string of the molecule is O=C(Nc1ccncc1)C1CSC23C=CC=CC2=NCCC13. The van der Waals surface area contributed by atoms with Crippen molar-refractivity contribution in [1.82, 2.24) is 4.98 Å². The van der Waals surface area contributed by atoms with E-state index in [0.29, 0.717) is 5.92 Å². The molecule has 5 heteroatoms. The minimum atomic E-state index is -0.0900. The first-order chi connectivity index (χ1) is 10.8. The number of aliphatic imine (C=N–C) groups is 1. The van der Waals surface area contributed by atoms with Gasteiger partial charge in [-0.1, -0.05) is 18.2 Å². The fourth-order valence-corrected chi connectivity index (χ4v) is 5.38. The van der Waals surface area contributed by atoms with Crippen molar-refractivity contribution in [2.45, 2.75) is 11.2 Å². The van der Waals surface area contributed by atoms with Crippen LogP contribution < -0.4 is 5.32 Å². The Kier molecular flexibility index (Phi) is 3.37. The maximum atomic E-state index is 12.7. The van der Waals surface area contributed by atoms with Crippen LogP contribution in [0.15, 0.2) is 53.8 Å². The van der Waals surface area contributed by atoms with E-state index in [9.17, 15) is 4.79 Å². The Morgan fingerprint density at radius 3 is 3.05 bits per heavy atom. The van der Waals surface area contributed by atoms with E-state index in [2.05, 4.69) is 33.5 Å². The number of carbonyl (C=O) groups is 1. The highest BCUT2D eigenvalue weighted by molar-refractivity contribution is 8.02. The summed E-state index contributed by atoms with van der Waals surface area (Å²) in [5, 5.41) is 3.03. The van der Waals surface area contributed by atoms with Gasteiger partial charge in [0.25, 0.3) is 0 Å². The normalized spacial score (nSPS) is 32.1. The average molecular weight is 311 g/mol. The molecular weight excluding hydrogens is 294 g/mol. The van der Waals surface area contributed by atoms with Crippen molar-refractivity contribution in [2.24, 2.45) is 16.8 Å². The number of thioether (sulfide) groups is 1. The van der Waals surface area contributed by atoms with Gasteiger partial charge in [0, 0.05) is 30.4 Å². The van der Waals surface area contributed by atoms with Gasteiger partial charge >= 0.3 is 0 Å². The third-order valence-electron chi connectivity index (χ3n) is 4.65. The molecule has 4 nitrogen and oxygen atoms in total. The second kappa shape index (κ2) is 5.39. The molecule has 22 heavy (non-hydrogen) atoms. The number of rotatable bonds is 2. The van der Waals surface area contributed by atoms with Gasteiger partial charge in [-0.05, 0) is 30.5 Å². The molecule has 3 aliphatic rings. The van der Waals surface area contributed by atoms with E-state index in [1.54, 1.807) is 12.4 Å². The van der Waals surface area contributed by atoms with Crippen LogP contribution in [0.4, 0.5) is 5.69 Å². The van der Waals surface area contributed by atoms with Crippen molar-refractivity contribution in [2.75, 3.05) is 17.6 Å². The molecule has 1 aliphatic carbocycles. The predicted molar refractivity (Wildman–Crippen MR) is 90.2 cm³/mol. The maximum Gasteiger partial charge on any atom is 0.228 e. The Balaban J connectivity index is 1.58. The van der Waals surface area contributed by atoms with Crippen LogP contribution in [0.1, 0.15) is 6.42 Å². The van der Waals surface area contributed by atoms with E-state index in [0.717, 1.165) is 30.1 Å². The fraction of sp³-hybridized carbons (Fsp3) is 0.353. The van der Waals surface area contributed by atoms with Crippen LogP contribution in [0.25, 0.3) is 0 Å². The summed E-state index contributed by atoms with van der Waals surface area (Å²) in [6, 6.07) is 3.65. The van der Waals surface area contributed by atoms with E-state index < -0.39 is 0 Å². The summed E-state index contributed by atoms with van der Waals surface area (Å²) in [7, 11) is 0. The molecule has 4 rings (SSSR count). The average Bonchev–Trinajstić information content (AvgIpc) is 2.93. The van der Waals surface area contributed by atoms with Gasteiger partial charge < -0.3 is 5.32 Å². The number of anilines is 1. The molecule has 3 unspecified atom stereocenters. The molecule has 1 saturated heterocycles. The lowest BCUT2D eigenvalue weighted by molar-refractivity contribution is -0.120. The van der Waals surface area contributed by atoms with Gasteiger partial charge in [-0.15, -0.1) is 11.8 Å². The molecule has 1 aromatic rings. The van der Waals surface area contributed by atoms with Gasteiger partial charge in [-0.3, -0.25) is 14.8 Å². The molecule has 1 amide bonds. The fourth-order valence-electron chi connectivity index (χ4n) is 3.59. The number of nitrogens with zero attached hydrogens (tertiary/aromatic N) is 2. The number of hydrogen-bond donors (Lipinski definition) is 1. The van der Waals surface area contributed by atoms with Crippen molar-refractivity contribution in [1.29, 1.82) is 0 Å². The van der Waals surface area contributed by atoms with Crippen molar-refractivity contribution < 1.29 is 4.79 Å². The summed E-state index contributed by atoms with van der Waals surface area (Å²) in [4.78, 5) is 21.4. The molecule has 1 fully saturated rings. The van der Waals surface area contributed by atoms with Crippen molar-refractivity contribution in [3.8, 4) is 0 Å². The zero-order valence-corrected chi connectivity index (χ0v) is 12.9. The zero-order valence-electron chi connectivity index (χ0n) is 12.1. The van der Waals surface area contributed by atoms with E-state index in [1.165, 1.54) is 0 Å². The number of carbonyl (C=O) groups excluding carboxylic acids is 1. The number of hydrogen-bond acceptors (Lipinski definition) is 4. The third kappa shape index (κ3) is 2.11. The minimum Gasteiger partial charge on any atom is -0.326 e. The van der Waals surface area contributed by atoms with Gasteiger partial charge in [0.2, 0.25) is 5.91 Å². The van der Waals surface area contributed by atoms with Crippen LogP contribution in [0.2, 0.25) is 0 Å². The van der Waals surface area contributed by atoms with Crippen molar-refractivity contribution in [3.63, 3.8) is 0 Å². The smallest absolute Gasteiger partial charge is 0.228 e. The minimum absolute atomic E-state index is 0.0276. The number of pyridine rings is 1. The Bertz CT molecular complexity index is 682. The standard InChI is InChI=1S/C17H17N3OS/c21-16(20-12-4-8-18-9-5-12)13-11-22-17-7-2-1-3-15(17)19-10-6-14(13)17/h1-5,7-9,13-14H,6,10-11H2,(H,18,20,21). The predicted octanol–water partition coefficient (Wildman–Crippen LogP) is 2.71. The van der Waals surface area contributed by atoms with Gasteiger partial charge in [0.05, 0.1) is 16.4 Å². The first kappa shape index (κ1) is 13.8. The summed E-state index contributed by atoms with van der Waals surface area (Å²) < 4.78 is -0.0900. The van der Waals surface area contributed by atoms with Crippen molar-refractivity contribution in [3.05, 3.63) is 48.8 Å². The molecule has 1 N–H and O–H groups in total. The van der Waals surface area contributed by atoms with Gasteiger partial charge in [0.1, 0.15) is 0 Å². The molecule has 3 heterocycles. The first-order valence-corrected chi connectivity index (χ1v) is 8.54. The van der Waals surface area contributed by atoms with Crippen LogP contribution in [0, 0.1) is 11.8 Å². The lowest BCUT2D eigenvalue weighted by Crippen LogP contribution is -2.45. The second-order valence-electron chi connectivity index (χ2n) is 5.82. The highest BCUT2D eigenvalue weighted by Gasteiger charge is 2.53. The van der Waals surface area contributed by atoms with Crippen LogP contribution in [-0.2, 0) is 4.79 Å². The molecule has 3 atom stereocenters. The number of aromatic nitrogens is 1. The zero-order chi connectivity index (χ0) is 15.0. The van der Waals surface area contributed by atoms with Gasteiger partial charge in [-0.25, -0.2) is 0 Å². The quantitative estimate of drug-likeness (QED) is 0.913. The van der Waals surface area contributed by atoms with E-state index in [-0.39, 0.29) is 16.6 Å². The maximum absolute atomic E-state index is 12.7. The summed E-state index contributed by atoms with van der Waals surface area (Å²) in [6.45, 7) is 0.819.